The molecule has 0 amide bonds. The van der Waals surface area contributed by atoms with Gasteiger partial charge in [-0.25, -0.2) is 0 Å². The zero-order valence-electron chi connectivity index (χ0n) is 15.0. The van der Waals surface area contributed by atoms with Gasteiger partial charge in [0, 0.05) is 36.5 Å². The largest absolute Gasteiger partial charge is 0.597 e. The summed E-state index contributed by atoms with van der Waals surface area (Å²) < 4.78 is 5.19. The van der Waals surface area contributed by atoms with Crippen molar-refractivity contribution in [3.8, 4) is 5.75 Å². The van der Waals surface area contributed by atoms with Crippen LogP contribution in [0.15, 0.2) is 53.8 Å². The summed E-state index contributed by atoms with van der Waals surface area (Å²) >= 11 is 0. The van der Waals surface area contributed by atoms with E-state index in [1.165, 1.54) is 12.1 Å². The highest BCUT2D eigenvalue weighted by Gasteiger charge is 2.12. The number of nitrogens with zero attached hydrogens (tertiary/aromatic N) is 4. The standard InChI is InChI=1S/C18H22N4O5/c1-27-18-11-9-16(10-12-18)20(13-3-2-4-14-21(24)19-23)15-5-7-17(8-6-15)22(25)26/h5-12,23H,2-4,13-14H2,1H3/b21-19-. The number of anilines is 2. The molecule has 0 aliphatic rings. The predicted octanol–water partition coefficient (Wildman–Crippen LogP) is 4.26. The van der Waals surface area contributed by atoms with Crippen molar-refractivity contribution in [3.05, 3.63) is 63.9 Å². The van der Waals surface area contributed by atoms with E-state index >= 15 is 0 Å². The van der Waals surface area contributed by atoms with Crippen molar-refractivity contribution < 1.29 is 19.7 Å². The normalized spacial score (nSPS) is 11.2. The molecule has 0 radical (unpaired) electrons. The summed E-state index contributed by atoms with van der Waals surface area (Å²) in [6.45, 7) is 0.801. The van der Waals surface area contributed by atoms with E-state index in [4.69, 9.17) is 9.94 Å². The van der Waals surface area contributed by atoms with Crippen molar-refractivity contribution in [2.24, 2.45) is 5.28 Å². The molecule has 2 aromatic carbocycles. The number of benzene rings is 2. The molecule has 0 saturated carbocycles. The molecule has 144 valence electrons. The van der Waals surface area contributed by atoms with E-state index in [2.05, 4.69) is 10.2 Å². The number of nitro benzene ring substituents is 1. The van der Waals surface area contributed by atoms with Crippen molar-refractivity contribution in [2.45, 2.75) is 19.3 Å². The highest BCUT2D eigenvalue weighted by Crippen LogP contribution is 2.29. The van der Waals surface area contributed by atoms with Crippen molar-refractivity contribution in [1.29, 1.82) is 0 Å². The van der Waals surface area contributed by atoms with Crippen LogP contribution >= 0.6 is 0 Å². The summed E-state index contributed by atoms with van der Waals surface area (Å²) in [5, 5.41) is 32.7. The lowest BCUT2D eigenvalue weighted by Crippen LogP contribution is -2.18. The molecule has 0 heterocycles. The summed E-state index contributed by atoms with van der Waals surface area (Å²) in [6.07, 6.45) is 2.17. The average molecular weight is 374 g/mol. The summed E-state index contributed by atoms with van der Waals surface area (Å²) in [5.41, 5.74) is 1.80. The number of nitro groups is 1. The van der Waals surface area contributed by atoms with Gasteiger partial charge in [-0.15, -0.1) is 0 Å². The van der Waals surface area contributed by atoms with E-state index < -0.39 is 4.92 Å². The van der Waals surface area contributed by atoms with Crippen LogP contribution in [-0.4, -0.2) is 35.2 Å². The molecule has 0 unspecified atom stereocenters. The molecule has 0 atom stereocenters. The van der Waals surface area contributed by atoms with E-state index in [-0.39, 0.29) is 17.1 Å². The lowest BCUT2D eigenvalue weighted by atomic mass is 10.1. The third kappa shape index (κ3) is 5.84. The van der Waals surface area contributed by atoms with Crippen LogP contribution in [0.1, 0.15) is 19.3 Å². The number of hydrogen-bond acceptors (Lipinski definition) is 6. The Morgan fingerprint density at radius 1 is 1.00 bits per heavy atom. The monoisotopic (exact) mass is 374 g/mol. The van der Waals surface area contributed by atoms with Gasteiger partial charge in [0.2, 0.25) is 0 Å². The van der Waals surface area contributed by atoms with Gasteiger partial charge < -0.3 is 20.1 Å². The van der Waals surface area contributed by atoms with Crippen molar-refractivity contribution in [3.63, 3.8) is 0 Å². The van der Waals surface area contributed by atoms with Crippen LogP contribution < -0.4 is 9.64 Å². The van der Waals surface area contributed by atoms with Crippen LogP contribution in [0.5, 0.6) is 5.75 Å². The minimum absolute atomic E-state index is 0.0386. The molecule has 0 spiro atoms. The van der Waals surface area contributed by atoms with Gasteiger partial charge in [0.25, 0.3) is 5.69 Å². The van der Waals surface area contributed by atoms with Crippen molar-refractivity contribution in [1.82, 2.24) is 0 Å². The zero-order valence-corrected chi connectivity index (χ0v) is 15.0. The molecule has 2 rings (SSSR count). The number of unbranched alkanes of at least 4 members (excludes halogenated alkanes) is 2. The quantitative estimate of drug-likeness (QED) is 0.218. The molecule has 9 nitrogen and oxygen atoms in total. The first-order valence-corrected chi connectivity index (χ1v) is 8.51. The lowest BCUT2D eigenvalue weighted by Gasteiger charge is -2.25. The lowest BCUT2D eigenvalue weighted by molar-refractivity contribution is -0.556. The van der Waals surface area contributed by atoms with Gasteiger partial charge in [-0.1, -0.05) is 4.86 Å². The van der Waals surface area contributed by atoms with Crippen LogP contribution in [0, 0.1) is 15.3 Å². The molecule has 0 saturated heterocycles. The highest BCUT2D eigenvalue weighted by atomic mass is 16.6. The van der Waals surface area contributed by atoms with Crippen LogP contribution in [0.25, 0.3) is 0 Å². The van der Waals surface area contributed by atoms with Gasteiger partial charge in [0.05, 0.1) is 12.0 Å². The second-order valence-electron chi connectivity index (χ2n) is 5.85. The minimum Gasteiger partial charge on any atom is -0.597 e. The van der Waals surface area contributed by atoms with Crippen LogP contribution in [-0.2, 0) is 0 Å². The van der Waals surface area contributed by atoms with Gasteiger partial charge in [-0.05, 0) is 49.2 Å². The number of rotatable bonds is 10. The molecule has 0 aromatic heterocycles. The zero-order chi connectivity index (χ0) is 19.6. The van der Waals surface area contributed by atoms with E-state index in [1.54, 1.807) is 19.2 Å². The van der Waals surface area contributed by atoms with Crippen LogP contribution in [0.4, 0.5) is 17.1 Å². The molecule has 0 aliphatic heterocycles. The molecular formula is C18H22N4O5. The molecule has 1 N–H and O–H groups in total. The number of methoxy groups -OCH3 is 1. The van der Waals surface area contributed by atoms with E-state index in [9.17, 15) is 15.3 Å². The molecule has 0 aliphatic carbocycles. The Bertz CT molecular complexity index is 762. The van der Waals surface area contributed by atoms with E-state index in [0.29, 0.717) is 13.0 Å². The Labute approximate surface area is 156 Å². The van der Waals surface area contributed by atoms with Gasteiger partial charge in [0.1, 0.15) is 5.75 Å². The SMILES string of the molecule is COc1ccc(N(CCCCC/[N+]([O-])=N/O)c2ccc([N+](=O)[O-])cc2)cc1. The fraction of sp³-hybridized carbons (Fsp3) is 0.333. The second kappa shape index (κ2) is 9.95. The van der Waals surface area contributed by atoms with E-state index in [0.717, 1.165) is 30.0 Å². The summed E-state index contributed by atoms with van der Waals surface area (Å²) in [4.78, 5) is 12.7. The third-order valence-electron chi connectivity index (χ3n) is 4.09. The summed E-state index contributed by atoms with van der Waals surface area (Å²) in [7, 11) is 1.60. The molecule has 0 fully saturated rings. The van der Waals surface area contributed by atoms with Crippen molar-refractivity contribution in [2.75, 3.05) is 25.1 Å². The van der Waals surface area contributed by atoms with Crippen LogP contribution in [0.3, 0.4) is 0 Å². The number of non-ortho nitro benzene ring substituents is 1. The minimum atomic E-state index is -0.428. The number of hydroxylamine groups is 1. The molecule has 0 bridgehead atoms. The fourth-order valence-corrected chi connectivity index (χ4v) is 2.66. The Hall–Kier alpha value is -3.36. The van der Waals surface area contributed by atoms with Gasteiger partial charge >= 0.3 is 0 Å². The smallest absolute Gasteiger partial charge is 0.269 e. The predicted molar refractivity (Wildman–Crippen MR) is 99.7 cm³/mol. The Morgan fingerprint density at radius 2 is 1.59 bits per heavy atom. The summed E-state index contributed by atoms with van der Waals surface area (Å²) in [6, 6.07) is 13.9. The molecule has 27 heavy (non-hydrogen) atoms. The molecule has 9 heteroatoms. The molecule has 2 aromatic rings. The number of hydrogen-bond donors (Lipinski definition) is 1. The Balaban J connectivity index is 2.11. The maximum absolute atomic E-state index is 10.9. The average Bonchev–Trinajstić information content (AvgIpc) is 2.70. The highest BCUT2D eigenvalue weighted by molar-refractivity contribution is 5.65. The third-order valence-corrected chi connectivity index (χ3v) is 4.09. The fourth-order valence-electron chi connectivity index (χ4n) is 2.66. The first kappa shape index (κ1) is 20.0. The number of ether oxygens (including phenoxy) is 1. The Morgan fingerprint density at radius 3 is 2.11 bits per heavy atom. The molecular weight excluding hydrogens is 352 g/mol. The maximum Gasteiger partial charge on any atom is 0.269 e. The topological polar surface area (TPSA) is 114 Å². The van der Waals surface area contributed by atoms with E-state index in [1.807, 2.05) is 24.3 Å². The second-order valence-corrected chi connectivity index (χ2v) is 5.85. The summed E-state index contributed by atoms with van der Waals surface area (Å²) in [5.74, 6) is 0.741. The maximum atomic E-state index is 10.9. The first-order valence-electron chi connectivity index (χ1n) is 8.51. The van der Waals surface area contributed by atoms with Gasteiger partial charge in [-0.2, -0.15) is 0 Å². The van der Waals surface area contributed by atoms with Gasteiger partial charge in [0.15, 0.2) is 11.8 Å². The van der Waals surface area contributed by atoms with Gasteiger partial charge in [-0.3, -0.25) is 10.1 Å². The first-order chi connectivity index (χ1) is 13.0. The van der Waals surface area contributed by atoms with Crippen molar-refractivity contribution >= 4 is 17.1 Å². The Kier molecular flexibility index (Phi) is 7.36. The van der Waals surface area contributed by atoms with Crippen LogP contribution in [0.2, 0.25) is 0 Å².